The highest BCUT2D eigenvalue weighted by Gasteiger charge is 2.05. The first-order valence-corrected chi connectivity index (χ1v) is 7.87. The molecular weight excluding hydrogens is 284 g/mol. The van der Waals surface area contributed by atoms with Gasteiger partial charge < -0.3 is 10.1 Å². The van der Waals surface area contributed by atoms with Crippen molar-refractivity contribution in [2.45, 2.75) is 26.8 Å². The van der Waals surface area contributed by atoms with Crippen LogP contribution in [0.3, 0.4) is 0 Å². The molecular formula is C17H23ClN2O. The van der Waals surface area contributed by atoms with Crippen molar-refractivity contribution >= 4 is 22.5 Å². The summed E-state index contributed by atoms with van der Waals surface area (Å²) in [5.74, 6) is 0.601. The largest absolute Gasteiger partial charge is 0.381 e. The Hall–Kier alpha value is -1.16. The van der Waals surface area contributed by atoms with E-state index in [4.69, 9.17) is 16.3 Å². The Morgan fingerprint density at radius 1 is 1.29 bits per heavy atom. The highest BCUT2D eigenvalue weighted by atomic mass is 35.5. The maximum atomic E-state index is 6.20. The van der Waals surface area contributed by atoms with Gasteiger partial charge in [-0.25, -0.2) is 0 Å². The number of benzene rings is 1. The molecule has 4 heteroatoms. The van der Waals surface area contributed by atoms with Crippen LogP contribution < -0.4 is 5.32 Å². The summed E-state index contributed by atoms with van der Waals surface area (Å²) in [6.07, 6.45) is 2.83. The van der Waals surface area contributed by atoms with Crippen molar-refractivity contribution in [2.75, 3.05) is 19.8 Å². The molecule has 0 unspecified atom stereocenters. The molecule has 0 aliphatic rings. The number of halogens is 1. The zero-order chi connectivity index (χ0) is 15.1. The first-order valence-electron chi connectivity index (χ1n) is 7.49. The zero-order valence-corrected chi connectivity index (χ0v) is 13.5. The van der Waals surface area contributed by atoms with Gasteiger partial charge in [-0.3, -0.25) is 4.98 Å². The third-order valence-electron chi connectivity index (χ3n) is 3.21. The SMILES string of the molecule is CC(C)COCCCNCc1ccc(Cl)c2cccnc12. The van der Waals surface area contributed by atoms with E-state index in [1.807, 2.05) is 30.5 Å². The number of nitrogens with zero attached hydrogens (tertiary/aromatic N) is 1. The Balaban J connectivity index is 1.80. The van der Waals surface area contributed by atoms with E-state index in [0.29, 0.717) is 5.92 Å². The Labute approximate surface area is 131 Å². The number of pyridine rings is 1. The van der Waals surface area contributed by atoms with E-state index in [1.165, 1.54) is 5.56 Å². The zero-order valence-electron chi connectivity index (χ0n) is 12.7. The molecule has 0 fully saturated rings. The Bertz CT molecular complexity index is 572. The lowest BCUT2D eigenvalue weighted by Gasteiger charge is -2.09. The summed E-state index contributed by atoms with van der Waals surface area (Å²) < 4.78 is 5.56. The van der Waals surface area contributed by atoms with E-state index >= 15 is 0 Å². The molecule has 0 aliphatic heterocycles. The summed E-state index contributed by atoms with van der Waals surface area (Å²) in [7, 11) is 0. The summed E-state index contributed by atoms with van der Waals surface area (Å²) in [4.78, 5) is 4.44. The van der Waals surface area contributed by atoms with E-state index in [9.17, 15) is 0 Å². The highest BCUT2D eigenvalue weighted by Crippen LogP contribution is 2.24. The first kappa shape index (κ1) is 16.2. The van der Waals surface area contributed by atoms with Gasteiger partial charge in [-0.15, -0.1) is 0 Å². The molecule has 3 nitrogen and oxygen atoms in total. The van der Waals surface area contributed by atoms with Crippen LogP contribution >= 0.6 is 11.6 Å². The standard InChI is InChI=1S/C17H23ClN2O/c1-13(2)12-21-10-4-8-19-11-14-6-7-16(18)15-5-3-9-20-17(14)15/h3,5-7,9,13,19H,4,8,10-12H2,1-2H3. The lowest BCUT2D eigenvalue weighted by Crippen LogP contribution is -2.17. The molecule has 0 bridgehead atoms. The molecule has 1 aromatic carbocycles. The lowest BCUT2D eigenvalue weighted by molar-refractivity contribution is 0.108. The number of aromatic nitrogens is 1. The molecule has 0 atom stereocenters. The quantitative estimate of drug-likeness (QED) is 0.747. The van der Waals surface area contributed by atoms with Crippen molar-refractivity contribution in [3.8, 4) is 0 Å². The van der Waals surface area contributed by atoms with E-state index in [0.717, 1.165) is 48.6 Å². The number of ether oxygens (including phenoxy) is 1. The van der Waals surface area contributed by atoms with Crippen LogP contribution in [0.15, 0.2) is 30.5 Å². The summed E-state index contributed by atoms with van der Waals surface area (Å²) in [6.45, 7) is 7.72. The minimum Gasteiger partial charge on any atom is -0.381 e. The van der Waals surface area contributed by atoms with Gasteiger partial charge in [0.25, 0.3) is 0 Å². The van der Waals surface area contributed by atoms with Gasteiger partial charge in [0.05, 0.1) is 5.52 Å². The van der Waals surface area contributed by atoms with Crippen LogP contribution in [-0.4, -0.2) is 24.7 Å². The smallest absolute Gasteiger partial charge is 0.0761 e. The van der Waals surface area contributed by atoms with E-state index in [1.54, 1.807) is 0 Å². The van der Waals surface area contributed by atoms with Crippen LogP contribution in [0.4, 0.5) is 0 Å². The third-order valence-corrected chi connectivity index (χ3v) is 3.54. The summed E-state index contributed by atoms with van der Waals surface area (Å²) in [5.41, 5.74) is 2.16. The lowest BCUT2D eigenvalue weighted by atomic mass is 10.1. The number of rotatable bonds is 8. The second-order valence-corrected chi connectivity index (χ2v) is 6.01. The van der Waals surface area contributed by atoms with Gasteiger partial charge in [0.15, 0.2) is 0 Å². The summed E-state index contributed by atoms with van der Waals surface area (Å²) >= 11 is 6.20. The van der Waals surface area contributed by atoms with E-state index < -0.39 is 0 Å². The van der Waals surface area contributed by atoms with Crippen molar-refractivity contribution in [1.82, 2.24) is 10.3 Å². The molecule has 114 valence electrons. The molecule has 2 aromatic rings. The van der Waals surface area contributed by atoms with Crippen molar-refractivity contribution in [1.29, 1.82) is 0 Å². The molecule has 21 heavy (non-hydrogen) atoms. The fraction of sp³-hybridized carbons (Fsp3) is 0.471. The second kappa shape index (κ2) is 8.32. The van der Waals surface area contributed by atoms with Gasteiger partial charge in [0.1, 0.15) is 0 Å². The third kappa shape index (κ3) is 4.95. The van der Waals surface area contributed by atoms with Crippen LogP contribution in [0.5, 0.6) is 0 Å². The minimum absolute atomic E-state index is 0.601. The highest BCUT2D eigenvalue weighted by molar-refractivity contribution is 6.35. The molecule has 1 heterocycles. The molecule has 1 N–H and O–H groups in total. The molecule has 0 spiro atoms. The number of nitrogens with one attached hydrogen (secondary N) is 1. The molecule has 2 rings (SSSR count). The number of hydrogen-bond donors (Lipinski definition) is 1. The van der Waals surface area contributed by atoms with Crippen LogP contribution in [0, 0.1) is 5.92 Å². The first-order chi connectivity index (χ1) is 10.2. The average Bonchev–Trinajstić information content (AvgIpc) is 2.48. The van der Waals surface area contributed by atoms with Gasteiger partial charge in [-0.2, -0.15) is 0 Å². The van der Waals surface area contributed by atoms with Crippen molar-refractivity contribution < 1.29 is 4.74 Å². The fourth-order valence-corrected chi connectivity index (χ4v) is 2.40. The maximum Gasteiger partial charge on any atom is 0.0761 e. The van der Waals surface area contributed by atoms with Gasteiger partial charge in [0.2, 0.25) is 0 Å². The van der Waals surface area contributed by atoms with Gasteiger partial charge in [-0.05, 0) is 42.6 Å². The maximum absolute atomic E-state index is 6.20. The molecule has 0 saturated carbocycles. The van der Waals surface area contributed by atoms with E-state index in [2.05, 4.69) is 24.1 Å². The molecule has 0 radical (unpaired) electrons. The molecule has 0 aliphatic carbocycles. The fourth-order valence-electron chi connectivity index (χ4n) is 2.18. The molecule has 0 saturated heterocycles. The normalized spacial score (nSPS) is 11.4. The van der Waals surface area contributed by atoms with Crippen LogP contribution in [-0.2, 0) is 11.3 Å². The predicted molar refractivity (Wildman–Crippen MR) is 88.7 cm³/mol. The molecule has 0 amide bonds. The van der Waals surface area contributed by atoms with Gasteiger partial charge >= 0.3 is 0 Å². The van der Waals surface area contributed by atoms with E-state index in [-0.39, 0.29) is 0 Å². The molecule has 1 aromatic heterocycles. The monoisotopic (exact) mass is 306 g/mol. The topological polar surface area (TPSA) is 34.1 Å². The van der Waals surface area contributed by atoms with Crippen LogP contribution in [0.1, 0.15) is 25.8 Å². The number of hydrogen-bond acceptors (Lipinski definition) is 3. The van der Waals surface area contributed by atoms with Gasteiger partial charge in [-0.1, -0.05) is 31.5 Å². The van der Waals surface area contributed by atoms with Gasteiger partial charge in [0, 0.05) is 36.4 Å². The van der Waals surface area contributed by atoms with Crippen LogP contribution in [0.2, 0.25) is 5.02 Å². The Morgan fingerprint density at radius 2 is 2.14 bits per heavy atom. The summed E-state index contributed by atoms with van der Waals surface area (Å²) in [6, 6.07) is 7.90. The predicted octanol–water partition coefficient (Wildman–Crippen LogP) is 4.04. The number of fused-ring (bicyclic) bond motifs is 1. The van der Waals surface area contributed by atoms with Crippen molar-refractivity contribution in [3.05, 3.63) is 41.0 Å². The Kier molecular flexibility index (Phi) is 6.43. The van der Waals surface area contributed by atoms with Crippen molar-refractivity contribution in [2.24, 2.45) is 5.92 Å². The Morgan fingerprint density at radius 3 is 2.95 bits per heavy atom. The average molecular weight is 307 g/mol. The second-order valence-electron chi connectivity index (χ2n) is 5.61. The summed E-state index contributed by atoms with van der Waals surface area (Å²) in [5, 5.41) is 5.20. The minimum atomic E-state index is 0.601. The van der Waals surface area contributed by atoms with Crippen LogP contribution in [0.25, 0.3) is 10.9 Å². The van der Waals surface area contributed by atoms with Crippen molar-refractivity contribution in [3.63, 3.8) is 0 Å².